The van der Waals surface area contributed by atoms with E-state index < -0.39 is 53.9 Å². The summed E-state index contributed by atoms with van der Waals surface area (Å²) in [5.41, 5.74) is 0.237. The van der Waals surface area contributed by atoms with Gasteiger partial charge in [0.25, 0.3) is 11.8 Å². The molecule has 34 heavy (non-hydrogen) atoms. The van der Waals surface area contributed by atoms with Crippen LogP contribution in [0.4, 0.5) is 23.2 Å². The molecule has 1 aromatic heterocycles. The van der Waals surface area contributed by atoms with E-state index >= 15 is 0 Å². The van der Waals surface area contributed by atoms with Gasteiger partial charge in [-0.05, 0) is 48.5 Å². The number of nitrogens with one attached hydrogen (secondary N) is 1. The Bertz CT molecular complexity index is 1250. The SMILES string of the molecule is O=C(Nc1cccc(Cl)c1)C1CN(C(=O)c2cc(-c3cccc(F)n3)ccc2F)CC(F)(F)C1. The van der Waals surface area contributed by atoms with Crippen molar-refractivity contribution in [3.63, 3.8) is 0 Å². The van der Waals surface area contributed by atoms with Crippen LogP contribution in [0.3, 0.4) is 0 Å². The molecule has 0 saturated carbocycles. The van der Waals surface area contributed by atoms with Crippen molar-refractivity contribution < 1.29 is 27.2 Å². The number of amides is 2. The second kappa shape index (κ2) is 9.42. The molecule has 176 valence electrons. The van der Waals surface area contributed by atoms with Crippen LogP contribution in [0, 0.1) is 17.7 Å². The largest absolute Gasteiger partial charge is 0.332 e. The van der Waals surface area contributed by atoms with Gasteiger partial charge < -0.3 is 10.2 Å². The molecule has 1 aliphatic heterocycles. The first-order valence-electron chi connectivity index (χ1n) is 10.3. The van der Waals surface area contributed by atoms with Crippen LogP contribution in [0.25, 0.3) is 11.3 Å². The molecule has 10 heteroatoms. The topological polar surface area (TPSA) is 62.3 Å². The maximum atomic E-state index is 14.5. The molecule has 0 aliphatic carbocycles. The van der Waals surface area contributed by atoms with Crippen LogP contribution in [0.15, 0.2) is 60.7 Å². The van der Waals surface area contributed by atoms with Crippen LogP contribution in [0.1, 0.15) is 16.8 Å². The predicted molar refractivity (Wildman–Crippen MR) is 119 cm³/mol. The smallest absolute Gasteiger partial charge is 0.266 e. The number of carbonyl (C=O) groups is 2. The van der Waals surface area contributed by atoms with Crippen LogP contribution in [0.2, 0.25) is 5.02 Å². The van der Waals surface area contributed by atoms with Crippen LogP contribution in [0.5, 0.6) is 0 Å². The van der Waals surface area contributed by atoms with E-state index in [1.54, 1.807) is 18.2 Å². The molecule has 5 nitrogen and oxygen atoms in total. The van der Waals surface area contributed by atoms with Gasteiger partial charge >= 0.3 is 0 Å². The van der Waals surface area contributed by atoms with Gasteiger partial charge in [0.15, 0.2) is 0 Å². The monoisotopic (exact) mass is 491 g/mol. The van der Waals surface area contributed by atoms with Crippen molar-refractivity contribution in [1.29, 1.82) is 0 Å². The van der Waals surface area contributed by atoms with E-state index in [0.29, 0.717) is 10.7 Å². The van der Waals surface area contributed by atoms with Crippen LogP contribution >= 0.6 is 11.6 Å². The van der Waals surface area contributed by atoms with Crippen molar-refractivity contribution in [2.45, 2.75) is 12.3 Å². The van der Waals surface area contributed by atoms with Crippen LogP contribution < -0.4 is 5.32 Å². The summed E-state index contributed by atoms with van der Waals surface area (Å²) >= 11 is 5.89. The highest BCUT2D eigenvalue weighted by molar-refractivity contribution is 6.30. The number of benzene rings is 2. The normalized spacial score (nSPS) is 17.3. The molecule has 2 heterocycles. The second-order valence-corrected chi connectivity index (χ2v) is 8.42. The lowest BCUT2D eigenvalue weighted by molar-refractivity contribution is -0.130. The van der Waals surface area contributed by atoms with Crippen LogP contribution in [-0.4, -0.2) is 40.7 Å². The molecule has 0 radical (unpaired) electrons. The van der Waals surface area contributed by atoms with Crippen molar-refractivity contribution in [2.75, 3.05) is 18.4 Å². The summed E-state index contributed by atoms with van der Waals surface area (Å²) in [6.45, 7) is -1.29. The Morgan fingerprint density at radius 3 is 2.56 bits per heavy atom. The van der Waals surface area contributed by atoms with E-state index in [-0.39, 0.29) is 17.8 Å². The molecule has 0 spiro atoms. The molecule has 1 saturated heterocycles. The lowest BCUT2D eigenvalue weighted by Gasteiger charge is -2.37. The Hall–Kier alpha value is -3.46. The minimum atomic E-state index is -3.36. The molecule has 1 N–H and O–H groups in total. The molecule has 1 unspecified atom stereocenters. The highest BCUT2D eigenvalue weighted by Crippen LogP contribution is 2.33. The molecule has 2 aromatic carbocycles. The summed E-state index contributed by atoms with van der Waals surface area (Å²) in [4.78, 5) is 30.2. The van der Waals surface area contributed by atoms with Gasteiger partial charge in [-0.2, -0.15) is 4.39 Å². The van der Waals surface area contributed by atoms with Crippen molar-refractivity contribution in [1.82, 2.24) is 9.88 Å². The van der Waals surface area contributed by atoms with E-state index in [2.05, 4.69) is 10.3 Å². The van der Waals surface area contributed by atoms with Crippen molar-refractivity contribution in [3.05, 3.63) is 83.0 Å². The van der Waals surface area contributed by atoms with Crippen molar-refractivity contribution >= 4 is 29.1 Å². The zero-order chi connectivity index (χ0) is 24.5. The van der Waals surface area contributed by atoms with Crippen molar-refractivity contribution in [3.8, 4) is 11.3 Å². The number of pyridine rings is 1. The van der Waals surface area contributed by atoms with Crippen LogP contribution in [-0.2, 0) is 4.79 Å². The van der Waals surface area contributed by atoms with E-state index in [9.17, 15) is 27.2 Å². The maximum absolute atomic E-state index is 14.5. The molecule has 4 rings (SSSR count). The first-order valence-corrected chi connectivity index (χ1v) is 10.7. The Morgan fingerprint density at radius 1 is 1.06 bits per heavy atom. The van der Waals surface area contributed by atoms with Gasteiger partial charge in [-0.25, -0.2) is 18.2 Å². The average Bonchev–Trinajstić information content (AvgIpc) is 2.78. The van der Waals surface area contributed by atoms with Gasteiger partial charge in [-0.1, -0.05) is 23.7 Å². The molecular weight excluding hydrogens is 474 g/mol. The van der Waals surface area contributed by atoms with Gasteiger partial charge in [-0.3, -0.25) is 9.59 Å². The zero-order valence-electron chi connectivity index (χ0n) is 17.6. The number of likely N-dealkylation sites (tertiary alicyclic amines) is 1. The third-order valence-corrected chi connectivity index (χ3v) is 5.60. The minimum Gasteiger partial charge on any atom is -0.332 e. The summed E-state index contributed by atoms with van der Waals surface area (Å²) in [7, 11) is 0. The Kier molecular flexibility index (Phi) is 6.56. The fraction of sp³-hybridized carbons (Fsp3) is 0.208. The third-order valence-electron chi connectivity index (χ3n) is 5.37. The quantitative estimate of drug-likeness (QED) is 0.392. The predicted octanol–water partition coefficient (Wildman–Crippen LogP) is 5.42. The Balaban J connectivity index is 1.57. The minimum absolute atomic E-state index is 0.150. The fourth-order valence-electron chi connectivity index (χ4n) is 3.83. The van der Waals surface area contributed by atoms with E-state index in [1.165, 1.54) is 24.3 Å². The number of rotatable bonds is 4. The molecule has 0 bridgehead atoms. The maximum Gasteiger partial charge on any atom is 0.266 e. The van der Waals surface area contributed by atoms with Gasteiger partial charge in [-0.15, -0.1) is 0 Å². The number of alkyl halides is 2. The third kappa shape index (κ3) is 5.36. The Labute approximate surface area is 197 Å². The zero-order valence-corrected chi connectivity index (χ0v) is 18.3. The van der Waals surface area contributed by atoms with Gasteiger partial charge in [0.2, 0.25) is 11.9 Å². The van der Waals surface area contributed by atoms with Gasteiger partial charge in [0.05, 0.1) is 23.7 Å². The number of hydrogen-bond acceptors (Lipinski definition) is 3. The number of carbonyl (C=O) groups excluding carboxylic acids is 2. The van der Waals surface area contributed by atoms with E-state index in [4.69, 9.17) is 11.6 Å². The lowest BCUT2D eigenvalue weighted by Crippen LogP contribution is -2.52. The van der Waals surface area contributed by atoms with E-state index in [1.807, 2.05) is 0 Å². The number of piperidine rings is 1. The first kappa shape index (κ1) is 23.7. The highest BCUT2D eigenvalue weighted by atomic mass is 35.5. The summed E-state index contributed by atoms with van der Waals surface area (Å²) in [5.74, 6) is -8.00. The Morgan fingerprint density at radius 2 is 1.82 bits per heavy atom. The molecule has 3 aromatic rings. The van der Waals surface area contributed by atoms with Gasteiger partial charge in [0, 0.05) is 29.2 Å². The molecule has 2 amide bonds. The molecular formula is C24H18ClF4N3O2. The summed E-state index contributed by atoms with van der Waals surface area (Å²) in [6.07, 6.45) is -0.765. The molecule has 1 atom stereocenters. The number of aromatic nitrogens is 1. The summed E-state index contributed by atoms with van der Waals surface area (Å²) < 4.78 is 57.0. The standard InChI is InChI=1S/C24H18ClF4N3O2/c25-16-3-1-4-17(10-16)30-22(33)15-11-24(28,29)13-32(12-15)23(34)18-9-14(7-8-19(18)26)20-5-2-6-21(27)31-20/h1-10,15H,11-13H2,(H,30,33). The summed E-state index contributed by atoms with van der Waals surface area (Å²) in [5, 5.41) is 2.88. The fourth-order valence-corrected chi connectivity index (χ4v) is 4.02. The highest BCUT2D eigenvalue weighted by Gasteiger charge is 2.45. The summed E-state index contributed by atoms with van der Waals surface area (Å²) in [6, 6.07) is 13.6. The van der Waals surface area contributed by atoms with Crippen molar-refractivity contribution in [2.24, 2.45) is 5.92 Å². The number of halogens is 5. The molecule has 1 fully saturated rings. The first-order chi connectivity index (χ1) is 16.1. The van der Waals surface area contributed by atoms with E-state index in [0.717, 1.165) is 23.1 Å². The average molecular weight is 492 g/mol. The number of hydrogen-bond donors (Lipinski definition) is 1. The molecule has 1 aliphatic rings. The number of nitrogens with zero attached hydrogens (tertiary/aromatic N) is 2. The number of anilines is 1. The van der Waals surface area contributed by atoms with Gasteiger partial charge in [0.1, 0.15) is 5.82 Å². The second-order valence-electron chi connectivity index (χ2n) is 7.98. The lowest BCUT2D eigenvalue weighted by atomic mass is 9.93.